The van der Waals surface area contributed by atoms with Crippen LogP contribution in [0.1, 0.15) is 21.7 Å². The van der Waals surface area contributed by atoms with Gasteiger partial charge in [0.25, 0.3) is 5.91 Å². The summed E-state index contributed by atoms with van der Waals surface area (Å²) < 4.78 is 27.8. The first-order valence-corrected chi connectivity index (χ1v) is 9.32. The lowest BCUT2D eigenvalue weighted by molar-refractivity contribution is 0.0953. The van der Waals surface area contributed by atoms with Crippen LogP contribution >= 0.6 is 0 Å². The fourth-order valence-electron chi connectivity index (χ4n) is 2.90. The molecule has 2 heterocycles. The first-order valence-electron chi connectivity index (χ1n) is 9.32. The third-order valence-corrected chi connectivity index (χ3v) is 4.44. The highest BCUT2D eigenvalue weighted by Crippen LogP contribution is 2.10. The van der Waals surface area contributed by atoms with Gasteiger partial charge in [-0.3, -0.25) is 4.79 Å². The van der Waals surface area contributed by atoms with E-state index < -0.39 is 5.82 Å². The van der Waals surface area contributed by atoms with Gasteiger partial charge < -0.3 is 10.6 Å². The number of hydrogen-bond acceptors (Lipinski definition) is 5. The summed E-state index contributed by atoms with van der Waals surface area (Å²) in [6.07, 6.45) is 0.399. The molecule has 2 N–H and O–H groups in total. The van der Waals surface area contributed by atoms with Crippen LogP contribution in [0, 0.1) is 11.6 Å². The molecule has 4 aromatic rings. The Kier molecular flexibility index (Phi) is 5.60. The Bertz CT molecular complexity index is 1180. The summed E-state index contributed by atoms with van der Waals surface area (Å²) >= 11 is 0. The van der Waals surface area contributed by atoms with Crippen LogP contribution in [0.3, 0.4) is 0 Å². The third-order valence-electron chi connectivity index (χ3n) is 4.44. The zero-order chi connectivity index (χ0) is 20.9. The summed E-state index contributed by atoms with van der Waals surface area (Å²) in [5, 5.41) is 18.6. The highest BCUT2D eigenvalue weighted by Gasteiger charge is 2.10. The molecule has 0 saturated heterocycles. The molecule has 0 spiro atoms. The maximum atomic E-state index is 13.2. The van der Waals surface area contributed by atoms with Crippen LogP contribution in [-0.2, 0) is 13.0 Å². The number of amides is 1. The summed E-state index contributed by atoms with van der Waals surface area (Å²) in [5.41, 5.74) is 1.75. The van der Waals surface area contributed by atoms with Crippen LogP contribution < -0.4 is 10.6 Å². The second-order valence-corrected chi connectivity index (χ2v) is 6.60. The molecule has 152 valence electrons. The Hall–Kier alpha value is -3.88. The Labute approximate surface area is 170 Å². The van der Waals surface area contributed by atoms with E-state index in [1.165, 1.54) is 30.3 Å². The van der Waals surface area contributed by atoms with Gasteiger partial charge in [0.2, 0.25) is 0 Å². The van der Waals surface area contributed by atoms with Crippen LogP contribution in [0.2, 0.25) is 0 Å². The molecule has 0 aliphatic rings. The normalized spacial score (nSPS) is 10.9. The third kappa shape index (κ3) is 4.57. The molecule has 2 aromatic heterocycles. The number of nitrogens with one attached hydrogen (secondary N) is 2. The molecule has 0 radical (unpaired) electrons. The van der Waals surface area contributed by atoms with Gasteiger partial charge in [0.05, 0.1) is 0 Å². The number of halogens is 2. The number of carbonyl (C=O) groups is 1. The summed E-state index contributed by atoms with van der Waals surface area (Å²) in [6, 6.07) is 15.3. The van der Waals surface area contributed by atoms with Gasteiger partial charge in [0.15, 0.2) is 11.5 Å². The Balaban J connectivity index is 1.38. The van der Waals surface area contributed by atoms with Gasteiger partial charge in [-0.25, -0.2) is 8.78 Å². The van der Waals surface area contributed by atoms with Crippen LogP contribution in [0.15, 0.2) is 60.7 Å². The minimum atomic E-state index is -0.462. The number of aromatic nitrogens is 4. The zero-order valence-corrected chi connectivity index (χ0v) is 15.8. The number of rotatable bonds is 7. The predicted molar refractivity (Wildman–Crippen MR) is 107 cm³/mol. The zero-order valence-electron chi connectivity index (χ0n) is 15.8. The molecule has 0 aliphatic heterocycles. The topological polar surface area (TPSA) is 84.2 Å². The van der Waals surface area contributed by atoms with Crippen molar-refractivity contribution in [2.75, 3.05) is 11.9 Å². The number of benzene rings is 2. The van der Waals surface area contributed by atoms with E-state index in [1.807, 2.05) is 0 Å². The molecule has 0 fully saturated rings. The highest BCUT2D eigenvalue weighted by atomic mass is 19.1. The van der Waals surface area contributed by atoms with Gasteiger partial charge in [0, 0.05) is 25.1 Å². The van der Waals surface area contributed by atoms with Crippen molar-refractivity contribution in [3.05, 3.63) is 89.2 Å². The van der Waals surface area contributed by atoms with E-state index in [9.17, 15) is 13.6 Å². The van der Waals surface area contributed by atoms with Gasteiger partial charge in [-0.1, -0.05) is 18.2 Å². The smallest absolute Gasteiger partial charge is 0.251 e. The van der Waals surface area contributed by atoms with Crippen molar-refractivity contribution in [3.63, 3.8) is 0 Å². The standard InChI is InChI=1S/C21H18F2N6O/c22-16-6-4-14(5-7-16)13-25-18-8-9-19-26-27-20(29(19)28-18)10-11-24-21(30)15-2-1-3-17(23)12-15/h1-9,12H,10-11,13H2,(H,24,30)(H,25,28). The summed E-state index contributed by atoms with van der Waals surface area (Å²) in [5.74, 6) is 0.0810. The average molecular weight is 408 g/mol. The van der Waals surface area contributed by atoms with E-state index in [2.05, 4.69) is 25.9 Å². The number of nitrogens with zero attached hydrogens (tertiary/aromatic N) is 4. The molecule has 2 aromatic carbocycles. The fraction of sp³-hybridized carbons (Fsp3) is 0.143. The van der Waals surface area contributed by atoms with Crippen molar-refractivity contribution in [2.24, 2.45) is 0 Å². The summed E-state index contributed by atoms with van der Waals surface area (Å²) in [6.45, 7) is 0.783. The first-order chi connectivity index (χ1) is 14.6. The van der Waals surface area contributed by atoms with Crippen LogP contribution in [0.4, 0.5) is 14.6 Å². The maximum Gasteiger partial charge on any atom is 0.251 e. The first kappa shape index (κ1) is 19.4. The van der Waals surface area contributed by atoms with Crippen molar-refractivity contribution < 1.29 is 13.6 Å². The Morgan fingerprint density at radius 3 is 2.60 bits per heavy atom. The minimum Gasteiger partial charge on any atom is -0.365 e. The second-order valence-electron chi connectivity index (χ2n) is 6.60. The number of carbonyl (C=O) groups excluding carboxylic acids is 1. The van der Waals surface area contributed by atoms with E-state index >= 15 is 0 Å². The number of hydrogen-bond donors (Lipinski definition) is 2. The molecule has 9 heteroatoms. The largest absolute Gasteiger partial charge is 0.365 e. The van der Waals surface area contributed by atoms with Gasteiger partial charge >= 0.3 is 0 Å². The van der Waals surface area contributed by atoms with Gasteiger partial charge in [-0.2, -0.15) is 4.52 Å². The molecule has 0 bridgehead atoms. The van der Waals surface area contributed by atoms with E-state index in [0.717, 1.165) is 5.56 Å². The predicted octanol–water partition coefficient (Wildman–Crippen LogP) is 2.99. The molecule has 7 nitrogen and oxygen atoms in total. The second kappa shape index (κ2) is 8.64. The molecule has 0 atom stereocenters. The SMILES string of the molecule is O=C(NCCc1nnc2ccc(NCc3ccc(F)cc3)nn12)c1cccc(F)c1. The summed E-state index contributed by atoms with van der Waals surface area (Å²) in [7, 11) is 0. The van der Waals surface area contributed by atoms with E-state index in [4.69, 9.17) is 0 Å². The molecular formula is C21H18F2N6O. The van der Waals surface area contributed by atoms with Crippen molar-refractivity contribution in [3.8, 4) is 0 Å². The molecule has 0 saturated carbocycles. The van der Waals surface area contributed by atoms with E-state index in [0.29, 0.717) is 36.8 Å². The quantitative estimate of drug-likeness (QED) is 0.491. The van der Waals surface area contributed by atoms with Gasteiger partial charge in [-0.15, -0.1) is 15.3 Å². The number of anilines is 1. The Morgan fingerprint density at radius 1 is 0.967 bits per heavy atom. The van der Waals surface area contributed by atoms with Gasteiger partial charge in [-0.05, 0) is 48.0 Å². The van der Waals surface area contributed by atoms with Crippen LogP contribution in [-0.4, -0.2) is 32.3 Å². The lowest BCUT2D eigenvalue weighted by atomic mass is 10.2. The van der Waals surface area contributed by atoms with Crippen molar-refractivity contribution in [2.45, 2.75) is 13.0 Å². The molecule has 0 unspecified atom stereocenters. The minimum absolute atomic E-state index is 0.256. The molecule has 1 amide bonds. The average Bonchev–Trinajstić information content (AvgIpc) is 3.15. The maximum absolute atomic E-state index is 13.2. The lowest BCUT2D eigenvalue weighted by Gasteiger charge is -2.07. The Morgan fingerprint density at radius 2 is 1.80 bits per heavy atom. The van der Waals surface area contributed by atoms with E-state index in [1.54, 1.807) is 34.8 Å². The lowest BCUT2D eigenvalue weighted by Crippen LogP contribution is -2.26. The summed E-state index contributed by atoms with van der Waals surface area (Å²) in [4.78, 5) is 12.1. The van der Waals surface area contributed by atoms with Crippen molar-refractivity contribution in [1.29, 1.82) is 0 Å². The van der Waals surface area contributed by atoms with Crippen LogP contribution in [0.5, 0.6) is 0 Å². The van der Waals surface area contributed by atoms with E-state index in [-0.39, 0.29) is 17.3 Å². The molecule has 4 rings (SSSR count). The fourth-order valence-corrected chi connectivity index (χ4v) is 2.90. The van der Waals surface area contributed by atoms with Gasteiger partial charge in [0.1, 0.15) is 17.5 Å². The molecular weight excluding hydrogens is 390 g/mol. The van der Waals surface area contributed by atoms with Crippen molar-refractivity contribution >= 4 is 17.4 Å². The van der Waals surface area contributed by atoms with Crippen LogP contribution in [0.25, 0.3) is 5.65 Å². The monoisotopic (exact) mass is 408 g/mol. The molecule has 0 aliphatic carbocycles. The van der Waals surface area contributed by atoms with Crippen molar-refractivity contribution in [1.82, 2.24) is 25.1 Å². The highest BCUT2D eigenvalue weighted by molar-refractivity contribution is 5.94. The molecule has 30 heavy (non-hydrogen) atoms. The number of fused-ring (bicyclic) bond motifs is 1.